The highest BCUT2D eigenvalue weighted by Gasteiger charge is 2.38. The van der Waals surface area contributed by atoms with Crippen molar-refractivity contribution in [1.29, 1.82) is 0 Å². The first-order chi connectivity index (χ1) is 13.2. The monoisotopic (exact) mass is 368 g/mol. The largest absolute Gasteiger partial charge is 0.103 e. The van der Waals surface area contributed by atoms with Crippen molar-refractivity contribution < 1.29 is 0 Å². The summed E-state index contributed by atoms with van der Waals surface area (Å²) in [6.45, 7) is 8.53. The molecule has 0 amide bonds. The van der Waals surface area contributed by atoms with Crippen LogP contribution in [0.5, 0.6) is 0 Å². The molecule has 9 atom stereocenters. The molecule has 5 fully saturated rings. The fraction of sp³-hybridized carbons (Fsp3) is 0.852. The molecule has 6 rings (SSSR count). The Kier molecular flexibility index (Phi) is 6.50. The van der Waals surface area contributed by atoms with Gasteiger partial charge in [0.2, 0.25) is 0 Å². The van der Waals surface area contributed by atoms with Crippen molar-refractivity contribution in [1.82, 2.24) is 0 Å². The SMILES string of the molecule is C=C[C@H]1CC2C=CC1C2.CC[C@@H]1CC2CCC1C2.CC[C@H]1CC2CCC1C2. The number of allylic oxidation sites excluding steroid dienone is 3. The molecular formula is C27H44. The second-order valence-corrected chi connectivity index (χ2v) is 10.9. The molecule has 0 aromatic heterocycles. The molecule has 152 valence electrons. The maximum absolute atomic E-state index is 3.83. The molecule has 0 spiro atoms. The van der Waals surface area contributed by atoms with Crippen molar-refractivity contribution in [3.8, 4) is 0 Å². The van der Waals surface area contributed by atoms with Gasteiger partial charge in [0.25, 0.3) is 0 Å². The van der Waals surface area contributed by atoms with Crippen LogP contribution in [-0.2, 0) is 0 Å². The van der Waals surface area contributed by atoms with E-state index < -0.39 is 0 Å². The van der Waals surface area contributed by atoms with E-state index in [1.165, 1.54) is 25.7 Å². The van der Waals surface area contributed by atoms with E-state index in [9.17, 15) is 0 Å². The van der Waals surface area contributed by atoms with Gasteiger partial charge in [-0.25, -0.2) is 0 Å². The smallest absolute Gasteiger partial charge is 0.0165 e. The van der Waals surface area contributed by atoms with Gasteiger partial charge in [-0.1, -0.05) is 57.8 Å². The summed E-state index contributed by atoms with van der Waals surface area (Å²) in [6, 6.07) is 0. The zero-order chi connectivity index (χ0) is 18.8. The van der Waals surface area contributed by atoms with Crippen molar-refractivity contribution in [3.05, 3.63) is 24.8 Å². The molecule has 0 heteroatoms. The lowest BCUT2D eigenvalue weighted by atomic mass is 9.87. The molecule has 0 aliphatic heterocycles. The minimum Gasteiger partial charge on any atom is -0.103 e. The maximum Gasteiger partial charge on any atom is -0.0165 e. The molecule has 0 aromatic carbocycles. The predicted molar refractivity (Wildman–Crippen MR) is 117 cm³/mol. The van der Waals surface area contributed by atoms with Crippen LogP contribution >= 0.6 is 0 Å². The highest BCUT2D eigenvalue weighted by molar-refractivity contribution is 5.13. The third-order valence-corrected chi connectivity index (χ3v) is 9.45. The van der Waals surface area contributed by atoms with Crippen LogP contribution in [0.2, 0.25) is 0 Å². The van der Waals surface area contributed by atoms with E-state index in [-0.39, 0.29) is 0 Å². The molecule has 0 saturated heterocycles. The first-order valence-electron chi connectivity index (χ1n) is 12.5. The Labute approximate surface area is 169 Å². The van der Waals surface area contributed by atoms with E-state index in [0.717, 1.165) is 53.3 Å². The van der Waals surface area contributed by atoms with E-state index in [2.05, 4.69) is 38.7 Å². The maximum atomic E-state index is 3.83. The van der Waals surface area contributed by atoms with Crippen molar-refractivity contribution in [2.24, 2.45) is 53.3 Å². The Morgan fingerprint density at radius 2 is 1.33 bits per heavy atom. The first kappa shape index (κ1) is 19.8. The van der Waals surface area contributed by atoms with E-state index in [0.29, 0.717) is 0 Å². The van der Waals surface area contributed by atoms with Crippen molar-refractivity contribution >= 4 is 0 Å². The molecule has 6 aliphatic rings. The average Bonchev–Trinajstić information content (AvgIpc) is 3.54. The van der Waals surface area contributed by atoms with Crippen LogP contribution < -0.4 is 0 Å². The van der Waals surface area contributed by atoms with Gasteiger partial charge in [0.05, 0.1) is 0 Å². The highest BCUT2D eigenvalue weighted by atomic mass is 14.4. The molecule has 0 radical (unpaired) electrons. The molecule has 0 heterocycles. The van der Waals surface area contributed by atoms with Gasteiger partial charge in [-0.05, 0) is 105 Å². The van der Waals surface area contributed by atoms with Gasteiger partial charge < -0.3 is 0 Å². The van der Waals surface area contributed by atoms with Gasteiger partial charge in [-0.15, -0.1) is 6.58 Å². The zero-order valence-electron chi connectivity index (χ0n) is 18.1. The van der Waals surface area contributed by atoms with Crippen LogP contribution in [-0.4, -0.2) is 0 Å². The van der Waals surface area contributed by atoms with Crippen molar-refractivity contribution in [2.75, 3.05) is 0 Å². The summed E-state index contributed by atoms with van der Waals surface area (Å²) >= 11 is 0. The lowest BCUT2D eigenvalue weighted by Crippen LogP contribution is -2.08. The minimum atomic E-state index is 0.806. The van der Waals surface area contributed by atoms with E-state index in [1.54, 1.807) is 51.4 Å². The molecule has 6 bridgehead atoms. The predicted octanol–water partition coefficient (Wildman–Crippen LogP) is 8.05. The van der Waals surface area contributed by atoms with E-state index in [1.807, 2.05) is 0 Å². The van der Waals surface area contributed by atoms with Crippen LogP contribution in [0.4, 0.5) is 0 Å². The zero-order valence-corrected chi connectivity index (χ0v) is 18.1. The molecule has 5 saturated carbocycles. The normalized spacial score (nSPS) is 47.6. The summed E-state index contributed by atoms with van der Waals surface area (Å²) in [5, 5.41) is 0. The number of hydrogen-bond acceptors (Lipinski definition) is 0. The van der Waals surface area contributed by atoms with Gasteiger partial charge in [0.1, 0.15) is 0 Å². The third kappa shape index (κ3) is 4.40. The quantitative estimate of drug-likeness (QED) is 0.442. The summed E-state index contributed by atoms with van der Waals surface area (Å²) in [6.07, 6.45) is 25.0. The summed E-state index contributed by atoms with van der Waals surface area (Å²) < 4.78 is 0. The molecule has 6 aliphatic carbocycles. The second kappa shape index (κ2) is 8.87. The standard InChI is InChI=1S/2C9H16.C9H12/c3*1-2-8-5-7-3-4-9(8)6-7/h2*7-9H,2-6H2,1H3;2-4,7-9H,1,5-6H2/t3*7?,8-,9?/m100/s1. The Morgan fingerprint density at radius 3 is 1.56 bits per heavy atom. The number of fused-ring (bicyclic) bond motifs is 6. The molecule has 6 unspecified atom stereocenters. The number of hydrogen-bond donors (Lipinski definition) is 0. The van der Waals surface area contributed by atoms with Gasteiger partial charge in [0.15, 0.2) is 0 Å². The van der Waals surface area contributed by atoms with Crippen molar-refractivity contribution in [3.63, 3.8) is 0 Å². The minimum absolute atomic E-state index is 0.806. The molecule has 27 heavy (non-hydrogen) atoms. The first-order valence-corrected chi connectivity index (χ1v) is 12.5. The topological polar surface area (TPSA) is 0 Å². The number of rotatable bonds is 3. The highest BCUT2D eigenvalue weighted by Crippen LogP contribution is 2.50. The summed E-state index contributed by atoms with van der Waals surface area (Å²) in [5.41, 5.74) is 0. The summed E-state index contributed by atoms with van der Waals surface area (Å²) in [5.74, 6) is 9.43. The lowest BCUT2D eigenvalue weighted by Gasteiger charge is -2.18. The van der Waals surface area contributed by atoms with Crippen LogP contribution in [0.3, 0.4) is 0 Å². The van der Waals surface area contributed by atoms with Crippen LogP contribution in [0.1, 0.15) is 90.9 Å². The second-order valence-electron chi connectivity index (χ2n) is 10.9. The Hall–Kier alpha value is -0.520. The Balaban J connectivity index is 0.0000001000. The average molecular weight is 369 g/mol. The molecule has 0 aromatic rings. The van der Waals surface area contributed by atoms with Crippen LogP contribution in [0.25, 0.3) is 0 Å². The van der Waals surface area contributed by atoms with Crippen LogP contribution in [0, 0.1) is 53.3 Å². The molecule has 0 nitrogen and oxygen atoms in total. The molecular weight excluding hydrogens is 324 g/mol. The molecule has 0 N–H and O–H groups in total. The van der Waals surface area contributed by atoms with Gasteiger partial charge in [-0.2, -0.15) is 0 Å². The van der Waals surface area contributed by atoms with Gasteiger partial charge in [0, 0.05) is 0 Å². The Bertz CT molecular complexity index is 488. The van der Waals surface area contributed by atoms with Gasteiger partial charge in [-0.3, -0.25) is 0 Å². The van der Waals surface area contributed by atoms with E-state index >= 15 is 0 Å². The fourth-order valence-corrected chi connectivity index (χ4v) is 7.85. The Morgan fingerprint density at radius 1 is 0.741 bits per heavy atom. The van der Waals surface area contributed by atoms with Crippen LogP contribution in [0.15, 0.2) is 24.8 Å². The lowest BCUT2D eigenvalue weighted by molar-refractivity contribution is 0.324. The van der Waals surface area contributed by atoms with Crippen molar-refractivity contribution in [2.45, 2.75) is 90.9 Å². The van der Waals surface area contributed by atoms with Gasteiger partial charge >= 0.3 is 0 Å². The fourth-order valence-electron chi connectivity index (χ4n) is 7.85. The van der Waals surface area contributed by atoms with E-state index in [4.69, 9.17) is 0 Å². The summed E-state index contributed by atoms with van der Waals surface area (Å²) in [4.78, 5) is 0. The third-order valence-electron chi connectivity index (χ3n) is 9.45. The summed E-state index contributed by atoms with van der Waals surface area (Å²) in [7, 11) is 0.